The van der Waals surface area contributed by atoms with Gasteiger partial charge in [-0.25, -0.2) is 4.39 Å². The standard InChI is InChI=1S/C14H21FN2/c1-11(9-13-6-2-3-8-16-13)17-14-7-4-5-12(15)10-14/h4-5,7,10-11,13,16-17H,2-3,6,8-9H2,1H3. The van der Waals surface area contributed by atoms with E-state index in [4.69, 9.17) is 0 Å². The van der Waals surface area contributed by atoms with Gasteiger partial charge in [0.2, 0.25) is 0 Å². The van der Waals surface area contributed by atoms with Gasteiger partial charge in [-0.3, -0.25) is 0 Å². The van der Waals surface area contributed by atoms with Gasteiger partial charge in [-0.1, -0.05) is 12.5 Å². The summed E-state index contributed by atoms with van der Waals surface area (Å²) < 4.78 is 13.0. The molecule has 0 aliphatic carbocycles. The Morgan fingerprint density at radius 1 is 1.47 bits per heavy atom. The van der Waals surface area contributed by atoms with Crippen LogP contribution in [0.5, 0.6) is 0 Å². The Morgan fingerprint density at radius 2 is 2.35 bits per heavy atom. The van der Waals surface area contributed by atoms with Crippen LogP contribution in [0.25, 0.3) is 0 Å². The van der Waals surface area contributed by atoms with E-state index in [1.54, 1.807) is 12.1 Å². The van der Waals surface area contributed by atoms with Crippen LogP contribution in [0, 0.1) is 5.82 Å². The van der Waals surface area contributed by atoms with Gasteiger partial charge in [-0.2, -0.15) is 0 Å². The molecular weight excluding hydrogens is 215 g/mol. The van der Waals surface area contributed by atoms with E-state index in [0.717, 1.165) is 18.7 Å². The lowest BCUT2D eigenvalue weighted by atomic mass is 9.99. The molecule has 2 unspecified atom stereocenters. The maximum Gasteiger partial charge on any atom is 0.125 e. The van der Waals surface area contributed by atoms with Crippen molar-refractivity contribution in [3.63, 3.8) is 0 Å². The topological polar surface area (TPSA) is 24.1 Å². The van der Waals surface area contributed by atoms with Gasteiger partial charge in [-0.15, -0.1) is 0 Å². The molecule has 0 aromatic heterocycles. The van der Waals surface area contributed by atoms with E-state index in [-0.39, 0.29) is 5.82 Å². The zero-order chi connectivity index (χ0) is 12.1. The van der Waals surface area contributed by atoms with Gasteiger partial charge >= 0.3 is 0 Å². The second-order valence-corrected chi connectivity index (χ2v) is 4.94. The summed E-state index contributed by atoms with van der Waals surface area (Å²) in [5.41, 5.74) is 0.869. The number of halogens is 1. The molecule has 0 bridgehead atoms. The molecule has 1 fully saturated rings. The Bertz CT molecular complexity index is 348. The number of benzene rings is 1. The summed E-state index contributed by atoms with van der Waals surface area (Å²) in [4.78, 5) is 0. The Balaban J connectivity index is 1.82. The van der Waals surface area contributed by atoms with Crippen LogP contribution in [0.15, 0.2) is 24.3 Å². The fraction of sp³-hybridized carbons (Fsp3) is 0.571. The van der Waals surface area contributed by atoms with E-state index < -0.39 is 0 Å². The molecule has 0 saturated carbocycles. The van der Waals surface area contributed by atoms with Crippen LogP contribution in [-0.2, 0) is 0 Å². The highest BCUT2D eigenvalue weighted by Gasteiger charge is 2.15. The molecule has 1 heterocycles. The molecule has 1 aromatic rings. The third-order valence-electron chi connectivity index (χ3n) is 3.29. The summed E-state index contributed by atoms with van der Waals surface area (Å²) in [5.74, 6) is -0.182. The largest absolute Gasteiger partial charge is 0.382 e. The third kappa shape index (κ3) is 4.00. The van der Waals surface area contributed by atoms with E-state index in [9.17, 15) is 4.39 Å². The lowest BCUT2D eigenvalue weighted by molar-refractivity contribution is 0.371. The molecular formula is C14H21FN2. The van der Waals surface area contributed by atoms with Gasteiger partial charge < -0.3 is 10.6 Å². The van der Waals surface area contributed by atoms with Crippen molar-refractivity contribution in [3.8, 4) is 0 Å². The average molecular weight is 236 g/mol. The monoisotopic (exact) mass is 236 g/mol. The quantitative estimate of drug-likeness (QED) is 0.839. The first-order valence-electron chi connectivity index (χ1n) is 6.49. The highest BCUT2D eigenvalue weighted by molar-refractivity contribution is 5.43. The van der Waals surface area contributed by atoms with Crippen molar-refractivity contribution in [2.45, 2.75) is 44.7 Å². The summed E-state index contributed by atoms with van der Waals surface area (Å²) in [6.45, 7) is 3.29. The number of rotatable bonds is 4. The average Bonchev–Trinajstić information content (AvgIpc) is 2.30. The van der Waals surface area contributed by atoms with Crippen LogP contribution in [-0.4, -0.2) is 18.6 Å². The molecule has 94 valence electrons. The number of piperidine rings is 1. The molecule has 0 spiro atoms. The number of hydrogen-bond donors (Lipinski definition) is 2. The molecule has 1 aliphatic heterocycles. The predicted molar refractivity (Wildman–Crippen MR) is 69.7 cm³/mol. The second-order valence-electron chi connectivity index (χ2n) is 4.94. The molecule has 2 rings (SSSR count). The lowest BCUT2D eigenvalue weighted by Crippen LogP contribution is -2.37. The van der Waals surface area contributed by atoms with Gasteiger partial charge in [0, 0.05) is 17.8 Å². The molecule has 2 N–H and O–H groups in total. The summed E-state index contributed by atoms with van der Waals surface area (Å²) in [6.07, 6.45) is 4.97. The first-order chi connectivity index (χ1) is 8.24. The highest BCUT2D eigenvalue weighted by Crippen LogP contribution is 2.16. The SMILES string of the molecule is CC(CC1CCCCN1)Nc1cccc(F)c1. The fourth-order valence-electron chi connectivity index (χ4n) is 2.47. The van der Waals surface area contributed by atoms with Crippen molar-refractivity contribution in [3.05, 3.63) is 30.1 Å². The van der Waals surface area contributed by atoms with Gasteiger partial charge in [0.05, 0.1) is 0 Å². The van der Waals surface area contributed by atoms with Crippen LogP contribution in [0.2, 0.25) is 0 Å². The predicted octanol–water partition coefficient (Wildman–Crippen LogP) is 3.16. The van der Waals surface area contributed by atoms with Crippen molar-refractivity contribution < 1.29 is 4.39 Å². The van der Waals surface area contributed by atoms with E-state index in [1.165, 1.54) is 25.3 Å². The normalized spacial score (nSPS) is 22.1. The minimum atomic E-state index is -0.182. The van der Waals surface area contributed by atoms with Gasteiger partial charge in [0.1, 0.15) is 5.82 Å². The lowest BCUT2D eigenvalue weighted by Gasteiger charge is -2.27. The van der Waals surface area contributed by atoms with E-state index in [0.29, 0.717) is 12.1 Å². The minimum Gasteiger partial charge on any atom is -0.382 e. The Labute approximate surface area is 103 Å². The maximum absolute atomic E-state index is 13.0. The molecule has 17 heavy (non-hydrogen) atoms. The third-order valence-corrected chi connectivity index (χ3v) is 3.29. The Hall–Kier alpha value is -1.09. The summed E-state index contributed by atoms with van der Waals surface area (Å²) in [6, 6.07) is 7.65. The highest BCUT2D eigenvalue weighted by atomic mass is 19.1. The molecule has 2 nitrogen and oxygen atoms in total. The second kappa shape index (κ2) is 6.01. The van der Waals surface area contributed by atoms with Crippen molar-refractivity contribution in [2.75, 3.05) is 11.9 Å². The minimum absolute atomic E-state index is 0.182. The number of hydrogen-bond acceptors (Lipinski definition) is 2. The van der Waals surface area contributed by atoms with Crippen molar-refractivity contribution >= 4 is 5.69 Å². The van der Waals surface area contributed by atoms with Crippen LogP contribution < -0.4 is 10.6 Å². The summed E-state index contributed by atoms with van der Waals surface area (Å²) in [7, 11) is 0. The Kier molecular flexibility index (Phi) is 4.37. The van der Waals surface area contributed by atoms with Crippen molar-refractivity contribution in [2.24, 2.45) is 0 Å². The summed E-state index contributed by atoms with van der Waals surface area (Å²) >= 11 is 0. The maximum atomic E-state index is 13.0. The van der Waals surface area contributed by atoms with Crippen LogP contribution in [0.4, 0.5) is 10.1 Å². The van der Waals surface area contributed by atoms with Crippen molar-refractivity contribution in [1.29, 1.82) is 0 Å². The fourth-order valence-corrected chi connectivity index (χ4v) is 2.47. The Morgan fingerprint density at radius 3 is 3.06 bits per heavy atom. The molecule has 1 saturated heterocycles. The summed E-state index contributed by atoms with van der Waals surface area (Å²) in [5, 5.41) is 6.88. The van der Waals surface area contributed by atoms with Gasteiger partial charge in [-0.05, 0) is 50.9 Å². The van der Waals surface area contributed by atoms with Crippen LogP contribution in [0.3, 0.4) is 0 Å². The number of nitrogens with one attached hydrogen (secondary N) is 2. The van der Waals surface area contributed by atoms with Crippen LogP contribution >= 0.6 is 0 Å². The van der Waals surface area contributed by atoms with E-state index in [1.807, 2.05) is 6.07 Å². The molecule has 3 heteroatoms. The van der Waals surface area contributed by atoms with E-state index in [2.05, 4.69) is 17.6 Å². The zero-order valence-electron chi connectivity index (χ0n) is 10.4. The molecule has 2 atom stereocenters. The first-order valence-corrected chi connectivity index (χ1v) is 6.49. The van der Waals surface area contributed by atoms with E-state index >= 15 is 0 Å². The molecule has 0 amide bonds. The number of anilines is 1. The molecule has 0 radical (unpaired) electrons. The van der Waals surface area contributed by atoms with Crippen LogP contribution in [0.1, 0.15) is 32.6 Å². The molecule has 1 aromatic carbocycles. The smallest absolute Gasteiger partial charge is 0.125 e. The van der Waals surface area contributed by atoms with Gasteiger partial charge in [0.15, 0.2) is 0 Å². The molecule has 1 aliphatic rings. The van der Waals surface area contributed by atoms with Gasteiger partial charge in [0.25, 0.3) is 0 Å². The zero-order valence-corrected chi connectivity index (χ0v) is 10.4. The first kappa shape index (κ1) is 12.4. The van der Waals surface area contributed by atoms with Crippen molar-refractivity contribution in [1.82, 2.24) is 5.32 Å².